The molecule has 0 aliphatic heterocycles. The van der Waals surface area contributed by atoms with E-state index in [2.05, 4.69) is 11.4 Å². The zero-order valence-corrected chi connectivity index (χ0v) is 16.7. The van der Waals surface area contributed by atoms with Gasteiger partial charge in [-0.2, -0.15) is 0 Å². The van der Waals surface area contributed by atoms with E-state index < -0.39 is 5.97 Å². The number of carbonyl (C=O) groups excluding carboxylic acids is 2. The monoisotopic (exact) mass is 381 g/mol. The van der Waals surface area contributed by atoms with Gasteiger partial charge in [-0.15, -0.1) is 0 Å². The maximum atomic E-state index is 12.1. The quantitative estimate of drug-likeness (QED) is 0.745. The zero-order chi connectivity index (χ0) is 20.1. The molecule has 28 heavy (non-hydrogen) atoms. The lowest BCUT2D eigenvalue weighted by molar-refractivity contribution is -0.150. The molecule has 0 aromatic heterocycles. The normalized spacial score (nSPS) is 13.5. The van der Waals surface area contributed by atoms with Crippen LogP contribution in [0.1, 0.15) is 47.2 Å². The van der Waals surface area contributed by atoms with Gasteiger partial charge < -0.3 is 14.8 Å². The summed E-state index contributed by atoms with van der Waals surface area (Å²) in [7, 11) is 0. The molecule has 0 saturated heterocycles. The molecule has 0 heterocycles. The Labute approximate surface area is 166 Å². The maximum Gasteiger partial charge on any atom is 0.344 e. The lowest BCUT2D eigenvalue weighted by atomic mass is 10.0. The number of rotatable bonds is 7. The number of esters is 1. The molecule has 2 aromatic rings. The number of carbonyl (C=O) groups is 2. The first kappa shape index (κ1) is 19.9. The molecule has 3 rings (SSSR count). The minimum atomic E-state index is -0.561. The van der Waals surface area contributed by atoms with Crippen molar-refractivity contribution in [3.05, 3.63) is 64.2 Å². The molecule has 1 aliphatic rings. The van der Waals surface area contributed by atoms with E-state index >= 15 is 0 Å². The van der Waals surface area contributed by atoms with Gasteiger partial charge in [0, 0.05) is 0 Å². The Balaban J connectivity index is 1.41. The van der Waals surface area contributed by atoms with E-state index in [1.54, 1.807) is 0 Å². The largest absolute Gasteiger partial charge is 0.482 e. The molecule has 0 spiro atoms. The molecule has 1 amide bonds. The fraction of sp³-hybridized carbons (Fsp3) is 0.391. The van der Waals surface area contributed by atoms with Crippen LogP contribution in [-0.2, 0) is 27.2 Å². The number of aryl methyl sites for hydroxylation is 4. The highest BCUT2D eigenvalue weighted by atomic mass is 16.6. The molecule has 5 nitrogen and oxygen atoms in total. The summed E-state index contributed by atoms with van der Waals surface area (Å²) in [5.74, 6) is -0.239. The van der Waals surface area contributed by atoms with Gasteiger partial charge in [0.1, 0.15) is 5.75 Å². The molecule has 0 bridgehead atoms. The number of ether oxygens (including phenoxy) is 2. The number of fused-ring (bicyclic) bond motifs is 1. The van der Waals surface area contributed by atoms with Gasteiger partial charge in [-0.3, -0.25) is 4.79 Å². The second-order valence-corrected chi connectivity index (χ2v) is 7.37. The third-order valence-electron chi connectivity index (χ3n) is 5.20. The summed E-state index contributed by atoms with van der Waals surface area (Å²) in [5.41, 5.74) is 6.03. The molecule has 2 aromatic carbocycles. The Bertz CT molecular complexity index is 875. The number of hydrogen-bond acceptors (Lipinski definition) is 4. The van der Waals surface area contributed by atoms with Crippen molar-refractivity contribution in [2.75, 3.05) is 13.2 Å². The van der Waals surface area contributed by atoms with Crippen LogP contribution in [0.4, 0.5) is 0 Å². The summed E-state index contributed by atoms with van der Waals surface area (Å²) < 4.78 is 10.5. The molecule has 0 fully saturated rings. The summed E-state index contributed by atoms with van der Waals surface area (Å²) in [6.07, 6.45) is 3.32. The van der Waals surface area contributed by atoms with E-state index in [0.29, 0.717) is 5.75 Å². The fourth-order valence-electron chi connectivity index (χ4n) is 3.37. The molecule has 0 unspecified atom stereocenters. The van der Waals surface area contributed by atoms with Crippen LogP contribution in [0.5, 0.6) is 5.75 Å². The Morgan fingerprint density at radius 3 is 2.57 bits per heavy atom. The van der Waals surface area contributed by atoms with Gasteiger partial charge in [0.2, 0.25) is 0 Å². The molecular weight excluding hydrogens is 354 g/mol. The highest BCUT2D eigenvalue weighted by Gasteiger charge is 2.14. The molecule has 5 heteroatoms. The van der Waals surface area contributed by atoms with Crippen LogP contribution in [0.3, 0.4) is 0 Å². The Hall–Kier alpha value is -2.82. The van der Waals surface area contributed by atoms with Crippen LogP contribution in [0, 0.1) is 13.8 Å². The second-order valence-electron chi connectivity index (χ2n) is 7.37. The van der Waals surface area contributed by atoms with Crippen LogP contribution in [0.15, 0.2) is 36.4 Å². The van der Waals surface area contributed by atoms with Gasteiger partial charge >= 0.3 is 5.97 Å². The Morgan fingerprint density at radius 2 is 1.79 bits per heavy atom. The van der Waals surface area contributed by atoms with Crippen LogP contribution in [0.25, 0.3) is 0 Å². The average Bonchev–Trinajstić information content (AvgIpc) is 3.14. The highest BCUT2D eigenvalue weighted by molar-refractivity contribution is 5.81. The van der Waals surface area contributed by atoms with Crippen molar-refractivity contribution in [2.45, 2.75) is 46.1 Å². The van der Waals surface area contributed by atoms with Crippen molar-refractivity contribution in [1.29, 1.82) is 0 Å². The van der Waals surface area contributed by atoms with E-state index in [9.17, 15) is 9.59 Å². The molecule has 1 aliphatic carbocycles. The summed E-state index contributed by atoms with van der Waals surface area (Å²) in [4.78, 5) is 23.9. The van der Waals surface area contributed by atoms with Crippen LogP contribution >= 0.6 is 0 Å². The lowest BCUT2D eigenvalue weighted by Gasteiger charge is -2.16. The third kappa shape index (κ3) is 5.12. The average molecular weight is 381 g/mol. The molecule has 0 saturated carbocycles. The van der Waals surface area contributed by atoms with Crippen LogP contribution in [-0.4, -0.2) is 25.1 Å². The van der Waals surface area contributed by atoms with Crippen molar-refractivity contribution >= 4 is 11.9 Å². The van der Waals surface area contributed by atoms with E-state index in [1.807, 2.05) is 51.1 Å². The first-order chi connectivity index (χ1) is 13.4. The first-order valence-corrected chi connectivity index (χ1v) is 9.69. The van der Waals surface area contributed by atoms with Gasteiger partial charge in [-0.25, -0.2) is 4.79 Å². The predicted molar refractivity (Wildman–Crippen MR) is 107 cm³/mol. The first-order valence-electron chi connectivity index (χ1n) is 9.69. The third-order valence-corrected chi connectivity index (χ3v) is 5.20. The Kier molecular flexibility index (Phi) is 6.34. The molecule has 1 N–H and O–H groups in total. The van der Waals surface area contributed by atoms with Gasteiger partial charge in [0.25, 0.3) is 5.91 Å². The molecule has 148 valence electrons. The number of hydrogen-bond donors (Lipinski definition) is 1. The summed E-state index contributed by atoms with van der Waals surface area (Å²) in [5, 5.41) is 2.84. The van der Waals surface area contributed by atoms with Crippen molar-refractivity contribution < 1.29 is 19.1 Å². The predicted octanol–water partition coefficient (Wildman–Crippen LogP) is 3.59. The number of benzene rings is 2. The minimum absolute atomic E-state index is 0.159. The Morgan fingerprint density at radius 1 is 1.00 bits per heavy atom. The van der Waals surface area contributed by atoms with Gasteiger partial charge in [-0.05, 0) is 80.0 Å². The van der Waals surface area contributed by atoms with Crippen molar-refractivity contribution in [2.24, 2.45) is 0 Å². The summed E-state index contributed by atoms with van der Waals surface area (Å²) >= 11 is 0. The summed E-state index contributed by atoms with van der Waals surface area (Å²) in [6.45, 7) is 5.46. The maximum absolute atomic E-state index is 12.1. The van der Waals surface area contributed by atoms with Crippen molar-refractivity contribution in [3.8, 4) is 5.75 Å². The standard InChI is InChI=1S/C23H27NO4/c1-15-7-8-19(11-16(15)2)17(3)24-22(25)13-28-23(26)14-27-21-10-9-18-5-4-6-20(18)12-21/h7-12,17H,4-6,13-14H2,1-3H3,(H,24,25)/t17-/m0/s1. The van der Waals surface area contributed by atoms with E-state index in [0.717, 1.165) is 24.8 Å². The number of amides is 1. The molecule has 0 radical (unpaired) electrons. The highest BCUT2D eigenvalue weighted by Crippen LogP contribution is 2.26. The van der Waals surface area contributed by atoms with E-state index in [1.165, 1.54) is 22.3 Å². The smallest absolute Gasteiger partial charge is 0.344 e. The van der Waals surface area contributed by atoms with Crippen LogP contribution in [0.2, 0.25) is 0 Å². The molecular formula is C23H27NO4. The number of nitrogens with one attached hydrogen (secondary N) is 1. The lowest BCUT2D eigenvalue weighted by Crippen LogP contribution is -2.32. The zero-order valence-electron chi connectivity index (χ0n) is 16.7. The van der Waals surface area contributed by atoms with Gasteiger partial charge in [-0.1, -0.05) is 24.3 Å². The summed E-state index contributed by atoms with van der Waals surface area (Å²) in [6, 6.07) is 11.8. The topological polar surface area (TPSA) is 64.6 Å². The second kappa shape index (κ2) is 8.91. The van der Waals surface area contributed by atoms with Crippen molar-refractivity contribution in [1.82, 2.24) is 5.32 Å². The minimum Gasteiger partial charge on any atom is -0.482 e. The van der Waals surface area contributed by atoms with Gasteiger partial charge in [0.05, 0.1) is 6.04 Å². The van der Waals surface area contributed by atoms with Gasteiger partial charge in [0.15, 0.2) is 13.2 Å². The fourth-order valence-corrected chi connectivity index (χ4v) is 3.37. The van der Waals surface area contributed by atoms with Crippen molar-refractivity contribution in [3.63, 3.8) is 0 Å². The van der Waals surface area contributed by atoms with E-state index in [-0.39, 0.29) is 25.2 Å². The SMILES string of the molecule is Cc1ccc([C@H](C)NC(=O)COC(=O)COc2ccc3c(c2)CCC3)cc1C. The molecule has 1 atom stereocenters. The van der Waals surface area contributed by atoms with E-state index in [4.69, 9.17) is 9.47 Å². The van der Waals surface area contributed by atoms with Crippen LogP contribution < -0.4 is 10.1 Å².